The third-order valence-electron chi connectivity index (χ3n) is 4.00. The highest BCUT2D eigenvalue weighted by molar-refractivity contribution is 7.09. The molecule has 0 saturated carbocycles. The summed E-state index contributed by atoms with van der Waals surface area (Å²) in [6.45, 7) is 2.36. The van der Waals surface area contributed by atoms with Gasteiger partial charge in [-0.25, -0.2) is 4.98 Å². The fourth-order valence-electron chi connectivity index (χ4n) is 2.67. The van der Waals surface area contributed by atoms with Crippen LogP contribution in [-0.2, 0) is 11.4 Å². The number of aromatic nitrogens is 2. The fourth-order valence-corrected chi connectivity index (χ4v) is 3.37. The number of thiazole rings is 1. The van der Waals surface area contributed by atoms with Crippen molar-refractivity contribution in [1.29, 1.82) is 0 Å². The molecule has 0 aliphatic rings. The highest BCUT2D eigenvalue weighted by Gasteiger charge is 2.18. The Morgan fingerprint density at radius 3 is 2.65 bits per heavy atom. The molecule has 1 aromatic carbocycles. The lowest BCUT2D eigenvalue weighted by atomic mass is 9.95. The first-order valence-corrected chi connectivity index (χ1v) is 9.36. The molecule has 1 unspecified atom stereocenters. The van der Waals surface area contributed by atoms with E-state index in [0.717, 1.165) is 28.4 Å². The number of pyridine rings is 1. The molecule has 1 atom stereocenters. The predicted molar refractivity (Wildman–Crippen MR) is 101 cm³/mol. The van der Waals surface area contributed by atoms with Crippen LogP contribution in [0.3, 0.4) is 0 Å². The van der Waals surface area contributed by atoms with Crippen LogP contribution in [0.1, 0.15) is 36.3 Å². The van der Waals surface area contributed by atoms with Crippen LogP contribution in [0.15, 0.2) is 54.0 Å². The lowest BCUT2D eigenvalue weighted by Crippen LogP contribution is -2.11. The van der Waals surface area contributed by atoms with Crippen molar-refractivity contribution in [2.45, 2.75) is 32.3 Å². The Labute approximate surface area is 156 Å². The van der Waals surface area contributed by atoms with Crippen molar-refractivity contribution in [2.75, 3.05) is 0 Å². The Morgan fingerprint density at radius 2 is 2.00 bits per heavy atom. The third kappa shape index (κ3) is 4.46. The van der Waals surface area contributed by atoms with Gasteiger partial charge in [0.2, 0.25) is 0 Å². The summed E-state index contributed by atoms with van der Waals surface area (Å²) in [7, 11) is 0. The lowest BCUT2D eigenvalue weighted by Gasteiger charge is -2.12. The van der Waals surface area contributed by atoms with Crippen LogP contribution in [0.5, 0.6) is 5.75 Å². The molecule has 0 aliphatic heterocycles. The molecule has 134 valence electrons. The molecular formula is C20H20N2O3S. The van der Waals surface area contributed by atoms with E-state index < -0.39 is 11.9 Å². The number of carbonyl (C=O) groups is 1. The minimum Gasteiger partial charge on any atom is -0.486 e. The van der Waals surface area contributed by atoms with Gasteiger partial charge < -0.3 is 9.84 Å². The SMILES string of the molecule is CCCC(C(=O)O)c1ccc(OCc2nc(-c3ccccn3)cs2)cc1. The van der Waals surface area contributed by atoms with Crippen LogP contribution in [0.25, 0.3) is 11.4 Å². The molecule has 0 aliphatic carbocycles. The minimum atomic E-state index is -0.787. The topological polar surface area (TPSA) is 72.3 Å². The number of nitrogens with zero attached hydrogens (tertiary/aromatic N) is 2. The number of rotatable bonds is 8. The van der Waals surface area contributed by atoms with Crippen molar-refractivity contribution in [2.24, 2.45) is 0 Å². The summed E-state index contributed by atoms with van der Waals surface area (Å²) in [6.07, 6.45) is 3.21. The van der Waals surface area contributed by atoms with Crippen molar-refractivity contribution in [3.05, 3.63) is 64.6 Å². The van der Waals surface area contributed by atoms with Gasteiger partial charge in [-0.2, -0.15) is 0 Å². The second-order valence-corrected chi connectivity index (χ2v) is 6.82. The maximum absolute atomic E-state index is 11.4. The Morgan fingerprint density at radius 1 is 1.19 bits per heavy atom. The molecule has 0 amide bonds. The zero-order chi connectivity index (χ0) is 18.4. The summed E-state index contributed by atoms with van der Waals surface area (Å²) in [5.41, 5.74) is 2.49. The van der Waals surface area contributed by atoms with E-state index in [1.807, 2.05) is 54.8 Å². The van der Waals surface area contributed by atoms with Gasteiger partial charge in [-0.15, -0.1) is 11.3 Å². The van der Waals surface area contributed by atoms with E-state index in [2.05, 4.69) is 9.97 Å². The lowest BCUT2D eigenvalue weighted by molar-refractivity contribution is -0.139. The molecule has 2 heterocycles. The van der Waals surface area contributed by atoms with Gasteiger partial charge in [-0.1, -0.05) is 31.5 Å². The second kappa shape index (κ2) is 8.58. The molecular weight excluding hydrogens is 348 g/mol. The molecule has 0 fully saturated rings. The summed E-state index contributed by atoms with van der Waals surface area (Å²) in [5.74, 6) is -0.553. The van der Waals surface area contributed by atoms with Crippen LogP contribution in [-0.4, -0.2) is 21.0 Å². The average Bonchev–Trinajstić information content (AvgIpc) is 3.14. The highest BCUT2D eigenvalue weighted by Crippen LogP contribution is 2.25. The van der Waals surface area contributed by atoms with Crippen molar-refractivity contribution in [3.63, 3.8) is 0 Å². The van der Waals surface area contributed by atoms with Crippen LogP contribution in [0.4, 0.5) is 0 Å². The smallest absolute Gasteiger partial charge is 0.310 e. The van der Waals surface area contributed by atoms with Crippen molar-refractivity contribution < 1.29 is 14.6 Å². The van der Waals surface area contributed by atoms with Gasteiger partial charge in [0.15, 0.2) is 0 Å². The zero-order valence-corrected chi connectivity index (χ0v) is 15.3. The van der Waals surface area contributed by atoms with Crippen LogP contribution in [0.2, 0.25) is 0 Å². The van der Waals surface area contributed by atoms with E-state index in [4.69, 9.17) is 4.74 Å². The highest BCUT2D eigenvalue weighted by atomic mass is 32.1. The first-order chi connectivity index (χ1) is 12.7. The molecule has 6 heteroatoms. The number of hydrogen-bond acceptors (Lipinski definition) is 5. The molecule has 1 N–H and O–H groups in total. The minimum absolute atomic E-state index is 0.369. The van der Waals surface area contributed by atoms with Gasteiger partial charge in [-0.3, -0.25) is 9.78 Å². The Kier molecular flexibility index (Phi) is 5.96. The zero-order valence-electron chi connectivity index (χ0n) is 14.5. The number of carboxylic acid groups (broad SMARTS) is 1. The Bertz CT molecular complexity index is 847. The molecule has 3 rings (SSSR count). The van der Waals surface area contributed by atoms with E-state index >= 15 is 0 Å². The Hall–Kier alpha value is -2.73. The molecule has 0 saturated heterocycles. The molecule has 5 nitrogen and oxygen atoms in total. The summed E-state index contributed by atoms with van der Waals surface area (Å²) in [4.78, 5) is 20.2. The van der Waals surface area contributed by atoms with Crippen molar-refractivity contribution in [1.82, 2.24) is 9.97 Å². The molecule has 0 bridgehead atoms. The number of benzene rings is 1. The molecule has 0 spiro atoms. The predicted octanol–water partition coefficient (Wildman–Crippen LogP) is 4.75. The van der Waals surface area contributed by atoms with Gasteiger partial charge in [0.05, 0.1) is 17.3 Å². The molecule has 3 aromatic rings. The molecule has 0 radical (unpaired) electrons. The van der Waals surface area contributed by atoms with Gasteiger partial charge in [0.25, 0.3) is 0 Å². The second-order valence-electron chi connectivity index (χ2n) is 5.88. The molecule has 26 heavy (non-hydrogen) atoms. The standard InChI is InChI=1S/C20H20N2O3S/c1-2-5-16(20(23)24)14-7-9-15(10-8-14)25-12-19-22-18(13-26-19)17-6-3-4-11-21-17/h3-4,6-11,13,16H,2,5,12H2,1H3,(H,23,24). The number of carboxylic acids is 1. The van der Waals surface area contributed by atoms with Crippen LogP contribution in [0, 0.1) is 0 Å². The van der Waals surface area contributed by atoms with Crippen molar-refractivity contribution >= 4 is 17.3 Å². The van der Waals surface area contributed by atoms with Gasteiger partial charge in [0, 0.05) is 11.6 Å². The first kappa shape index (κ1) is 18.1. The van der Waals surface area contributed by atoms with Gasteiger partial charge in [0.1, 0.15) is 17.4 Å². The van der Waals surface area contributed by atoms with E-state index in [1.165, 1.54) is 11.3 Å². The monoisotopic (exact) mass is 368 g/mol. The summed E-state index contributed by atoms with van der Waals surface area (Å²) in [5, 5.41) is 12.2. The largest absolute Gasteiger partial charge is 0.486 e. The normalized spacial score (nSPS) is 11.9. The van der Waals surface area contributed by atoms with E-state index in [1.54, 1.807) is 6.20 Å². The number of aliphatic carboxylic acids is 1. The van der Waals surface area contributed by atoms with Gasteiger partial charge in [-0.05, 0) is 36.2 Å². The van der Waals surface area contributed by atoms with Crippen LogP contribution < -0.4 is 4.74 Å². The van der Waals surface area contributed by atoms with E-state index in [9.17, 15) is 9.90 Å². The summed E-state index contributed by atoms with van der Waals surface area (Å²) in [6, 6.07) is 13.0. The third-order valence-corrected chi connectivity index (χ3v) is 4.82. The fraction of sp³-hybridized carbons (Fsp3) is 0.250. The number of ether oxygens (including phenoxy) is 1. The molecule has 2 aromatic heterocycles. The van der Waals surface area contributed by atoms with Crippen molar-refractivity contribution in [3.8, 4) is 17.1 Å². The summed E-state index contributed by atoms with van der Waals surface area (Å²) >= 11 is 1.53. The maximum atomic E-state index is 11.4. The van der Waals surface area contributed by atoms with E-state index in [-0.39, 0.29) is 0 Å². The first-order valence-electron chi connectivity index (χ1n) is 8.48. The quantitative estimate of drug-likeness (QED) is 0.621. The van der Waals surface area contributed by atoms with Crippen LogP contribution >= 0.6 is 11.3 Å². The van der Waals surface area contributed by atoms with E-state index in [0.29, 0.717) is 18.8 Å². The number of hydrogen-bond donors (Lipinski definition) is 1. The maximum Gasteiger partial charge on any atom is 0.310 e. The van der Waals surface area contributed by atoms with Gasteiger partial charge >= 0.3 is 5.97 Å². The Balaban J connectivity index is 1.62. The summed E-state index contributed by atoms with van der Waals surface area (Å²) < 4.78 is 5.78. The average molecular weight is 368 g/mol.